The van der Waals surface area contributed by atoms with Gasteiger partial charge < -0.3 is 13.6 Å². The molecule has 0 radical (unpaired) electrons. The summed E-state index contributed by atoms with van der Waals surface area (Å²) in [4.78, 5) is 0. The molecule has 270 valence electrons. The minimum Gasteiger partial charge on any atom is -0.741 e. The normalized spacial score (nSPS) is 23.6. The Balaban J connectivity index is 0.000000294. The van der Waals surface area contributed by atoms with Gasteiger partial charge >= 0.3 is 11.0 Å². The maximum absolute atomic E-state index is 17.0. The van der Waals surface area contributed by atoms with E-state index in [1.165, 1.54) is 16.7 Å². The monoisotopic (exact) mass is 748 g/mol. The third kappa shape index (κ3) is 8.52. The van der Waals surface area contributed by atoms with E-state index in [0.717, 1.165) is 34.3 Å². The fourth-order valence-electron chi connectivity index (χ4n) is 6.36. The van der Waals surface area contributed by atoms with Crippen LogP contribution in [-0.4, -0.2) is 79.4 Å². The van der Waals surface area contributed by atoms with Crippen molar-refractivity contribution >= 4 is 20.2 Å². The summed E-state index contributed by atoms with van der Waals surface area (Å²) in [5, 5.41) is 0. The van der Waals surface area contributed by atoms with Crippen LogP contribution in [0.2, 0.25) is 0 Å². The molecule has 0 aromatic heterocycles. The Morgan fingerprint density at radius 2 is 0.840 bits per heavy atom. The minimum atomic E-state index is -6.09. The maximum Gasteiger partial charge on any atom is 0.485 e. The van der Waals surface area contributed by atoms with Gasteiger partial charge in [-0.3, -0.25) is 0 Å². The van der Waals surface area contributed by atoms with E-state index in [1.807, 2.05) is 6.07 Å². The number of halogens is 7. The van der Waals surface area contributed by atoms with E-state index < -0.39 is 31.3 Å². The van der Waals surface area contributed by atoms with Crippen LogP contribution >= 0.6 is 0 Å². The van der Waals surface area contributed by atoms with E-state index in [-0.39, 0.29) is 16.8 Å². The number of quaternary nitrogens is 2. The van der Waals surface area contributed by atoms with E-state index in [2.05, 4.69) is 110 Å². The second-order valence-electron chi connectivity index (χ2n) is 11.9. The molecular weight excluding hydrogens is 717 g/mol. The number of alkyl halides is 6. The molecule has 3 heterocycles. The molecule has 4 aromatic carbocycles. The minimum absolute atomic E-state index is 0.0359. The molecule has 0 aliphatic carbocycles. The summed E-state index contributed by atoms with van der Waals surface area (Å²) >= 11 is 0. The van der Waals surface area contributed by atoms with Crippen LogP contribution in [0.25, 0.3) is 22.3 Å². The Bertz CT molecular complexity index is 1840. The molecule has 50 heavy (non-hydrogen) atoms. The zero-order chi connectivity index (χ0) is 37.2. The van der Waals surface area contributed by atoms with Gasteiger partial charge in [0.15, 0.2) is 39.4 Å². The first-order chi connectivity index (χ1) is 23.1. The Morgan fingerprint density at radius 1 is 0.540 bits per heavy atom. The molecule has 0 spiro atoms. The highest BCUT2D eigenvalue weighted by atomic mass is 32.2. The summed E-state index contributed by atoms with van der Waals surface area (Å²) in [7, 11) is -9.84. The fourth-order valence-corrected chi connectivity index (χ4v) is 6.36. The first-order valence-corrected chi connectivity index (χ1v) is 17.6. The van der Waals surface area contributed by atoms with Crippen molar-refractivity contribution in [1.82, 2.24) is 0 Å². The lowest BCUT2D eigenvalue weighted by Gasteiger charge is -2.57. The van der Waals surface area contributed by atoms with E-state index in [0.29, 0.717) is 13.1 Å². The number of rotatable bonds is 4. The molecule has 17 heteroatoms. The predicted molar refractivity (Wildman–Crippen MR) is 168 cm³/mol. The molecule has 3 aliphatic rings. The van der Waals surface area contributed by atoms with Crippen LogP contribution in [0.4, 0.5) is 30.8 Å². The highest BCUT2D eigenvalue weighted by Crippen LogP contribution is 2.55. The van der Waals surface area contributed by atoms with Gasteiger partial charge in [0.25, 0.3) is 0 Å². The number of nitrogens with zero attached hydrogens (tertiary/aromatic N) is 2. The molecule has 0 N–H and O–H groups in total. The van der Waals surface area contributed by atoms with Gasteiger partial charge in [0.2, 0.25) is 6.04 Å². The first-order valence-electron chi connectivity index (χ1n) is 14.8. The van der Waals surface area contributed by atoms with Crippen LogP contribution in [0.1, 0.15) is 23.2 Å². The topological polar surface area (TPSA) is 114 Å². The predicted octanol–water partition coefficient (Wildman–Crippen LogP) is 7.08. The van der Waals surface area contributed by atoms with E-state index in [1.54, 1.807) is 0 Å². The molecule has 3 saturated heterocycles. The van der Waals surface area contributed by atoms with Crippen LogP contribution < -0.4 is 0 Å². The van der Waals surface area contributed by atoms with Crippen LogP contribution in [-0.2, 0) is 20.2 Å². The number of likely N-dealkylation sites (N-methyl/N-ethyl adjacent to an activating group) is 1. The van der Waals surface area contributed by atoms with Crippen molar-refractivity contribution in [2.24, 2.45) is 0 Å². The van der Waals surface area contributed by atoms with E-state index in [9.17, 15) is 26.3 Å². The van der Waals surface area contributed by atoms with Crippen LogP contribution in [0.3, 0.4) is 0 Å². The number of hydrogen-bond donors (Lipinski definition) is 0. The van der Waals surface area contributed by atoms with Gasteiger partial charge in [-0.1, -0.05) is 109 Å². The largest absolute Gasteiger partial charge is 0.741 e. The molecule has 4 aromatic rings. The van der Waals surface area contributed by atoms with Crippen LogP contribution in [0.15, 0.2) is 109 Å². The van der Waals surface area contributed by atoms with Gasteiger partial charge in [0, 0.05) is 11.1 Å². The molecule has 2 atom stereocenters. The molecule has 8 nitrogen and oxygen atoms in total. The summed E-state index contributed by atoms with van der Waals surface area (Å²) in [6.45, 7) is 2.84. The summed E-state index contributed by atoms with van der Waals surface area (Å²) in [5.74, 6) is 0. The Labute approximate surface area is 284 Å². The molecule has 0 saturated carbocycles. The van der Waals surface area contributed by atoms with Crippen LogP contribution in [0.5, 0.6) is 0 Å². The Morgan fingerprint density at radius 3 is 1.18 bits per heavy atom. The van der Waals surface area contributed by atoms with Crippen molar-refractivity contribution < 1.29 is 66.0 Å². The summed E-state index contributed by atoms with van der Waals surface area (Å²) in [6, 6.07) is 38.0. The van der Waals surface area contributed by atoms with E-state index >= 15 is 4.48 Å². The van der Waals surface area contributed by atoms with E-state index in [4.69, 9.17) is 25.9 Å². The third-order valence-electron chi connectivity index (χ3n) is 8.73. The first kappa shape index (κ1) is 38.9. The molecule has 3 fully saturated rings. The van der Waals surface area contributed by atoms with Gasteiger partial charge in [-0.25, -0.2) is 16.8 Å². The average molecular weight is 749 g/mol. The number of hydrogen-bond acceptors (Lipinski definition) is 6. The van der Waals surface area contributed by atoms with Gasteiger partial charge in [-0.2, -0.15) is 26.3 Å². The zero-order valence-corrected chi connectivity index (χ0v) is 27.8. The van der Waals surface area contributed by atoms with Gasteiger partial charge in [0.1, 0.15) is 13.1 Å². The number of piperazine rings is 3. The lowest BCUT2D eigenvalue weighted by atomic mass is 9.79. The molecule has 2 bridgehead atoms. The summed E-state index contributed by atoms with van der Waals surface area (Å²) in [5.41, 5.74) is -4.21. The van der Waals surface area contributed by atoms with Crippen LogP contribution in [0, 0.1) is 0 Å². The van der Waals surface area contributed by atoms with Crippen molar-refractivity contribution in [3.05, 3.63) is 120 Å². The smallest absolute Gasteiger partial charge is 0.485 e. The highest BCUT2D eigenvalue weighted by molar-refractivity contribution is 7.86. The standard InChI is InChI=1S/C31H31FN2.2CHF3O3S/c1-33-20-22-34(32,23-21-33)31(29-19-11-9-17-27(29)25-14-6-3-7-15-25)30(33)28-18-10-8-16-26(28)24-12-4-2-5-13-24;2*2-1(3,4)8(5,6)7/h2-19,30-31H,20-23H2,1H3;2*(H,5,6,7)/q+2;;/p-2/t30-,31-,33?,34?;;/m1../s1. The molecule has 7 rings (SSSR count). The average Bonchev–Trinajstić information content (AvgIpc) is 3.05. The molecule has 3 aliphatic heterocycles. The van der Waals surface area contributed by atoms with Crippen molar-refractivity contribution in [1.29, 1.82) is 0 Å². The Kier molecular flexibility index (Phi) is 11.2. The fraction of sp³-hybridized carbons (Fsp3) is 0.273. The lowest BCUT2D eigenvalue weighted by Crippen LogP contribution is -2.72. The van der Waals surface area contributed by atoms with Crippen molar-refractivity contribution in [3.8, 4) is 22.3 Å². The second-order valence-corrected chi connectivity index (χ2v) is 14.6. The highest BCUT2D eigenvalue weighted by Gasteiger charge is 2.64. The maximum atomic E-state index is 17.0. The number of fused-ring (bicyclic) bond motifs is 3. The molecular formula is C33H31F7N2O6S2. The molecule has 0 unspecified atom stereocenters. The quantitative estimate of drug-likeness (QED) is 0.0725. The second kappa shape index (κ2) is 14.4. The molecule has 0 amide bonds. The summed E-state index contributed by atoms with van der Waals surface area (Å²) < 4.78 is 135. The van der Waals surface area contributed by atoms with Gasteiger partial charge in [-0.05, 0) is 26.7 Å². The SMILES string of the molecule is C[N+]12CC[N+](F)(CC1)[C@H](c1ccccc1-c1ccccc1)[C@H]2c1ccccc1-c1ccccc1.O=S(=O)([O-])C(F)(F)F.O=S(=O)([O-])C(F)(F)F. The van der Waals surface area contributed by atoms with Crippen molar-refractivity contribution in [2.45, 2.75) is 23.1 Å². The lowest BCUT2D eigenvalue weighted by molar-refractivity contribution is -1.18. The van der Waals surface area contributed by atoms with Crippen molar-refractivity contribution in [3.63, 3.8) is 0 Å². The Hall–Kier alpha value is -3.87. The zero-order valence-electron chi connectivity index (χ0n) is 26.2. The van der Waals surface area contributed by atoms with Gasteiger partial charge in [0.05, 0.1) is 7.05 Å². The van der Waals surface area contributed by atoms with Crippen molar-refractivity contribution in [2.75, 3.05) is 33.2 Å². The summed E-state index contributed by atoms with van der Waals surface area (Å²) in [6.07, 6.45) is 0. The number of benzene rings is 4. The third-order valence-corrected chi connectivity index (χ3v) is 9.86. The van der Waals surface area contributed by atoms with Gasteiger partial charge in [-0.15, -0.1) is 4.71 Å².